The van der Waals surface area contributed by atoms with Gasteiger partial charge in [-0.2, -0.15) is 0 Å². The molecule has 0 radical (unpaired) electrons. The number of rotatable bonds is 9. The standard InChI is InChI=1S/C20H20N4O4S/c1-28-10-9-21-18-8-7-15(24(26)27)12-17(18)19(25)23-20-22-13-16(29-20)11-14-5-3-2-4-6-14/h2-8,12-13,21H,9-11H2,1H3,(H,22,23,25). The minimum Gasteiger partial charge on any atom is -0.383 e. The van der Waals surface area contributed by atoms with Crippen molar-refractivity contribution in [3.63, 3.8) is 0 Å². The summed E-state index contributed by atoms with van der Waals surface area (Å²) in [5.41, 5.74) is 1.66. The van der Waals surface area contributed by atoms with Gasteiger partial charge in [0.25, 0.3) is 11.6 Å². The van der Waals surface area contributed by atoms with E-state index in [0.717, 1.165) is 16.9 Å². The maximum absolute atomic E-state index is 12.8. The van der Waals surface area contributed by atoms with Gasteiger partial charge in [-0.3, -0.25) is 20.2 Å². The van der Waals surface area contributed by atoms with Crippen molar-refractivity contribution in [2.45, 2.75) is 6.42 Å². The highest BCUT2D eigenvalue weighted by molar-refractivity contribution is 7.15. The third-order valence-corrected chi connectivity index (χ3v) is 4.99. The van der Waals surface area contributed by atoms with Crippen LogP contribution >= 0.6 is 11.3 Å². The first-order valence-electron chi connectivity index (χ1n) is 8.88. The highest BCUT2D eigenvalue weighted by Gasteiger charge is 2.18. The van der Waals surface area contributed by atoms with Crippen LogP contribution in [0, 0.1) is 10.1 Å². The minimum absolute atomic E-state index is 0.156. The Morgan fingerprint density at radius 1 is 1.24 bits per heavy atom. The van der Waals surface area contributed by atoms with Crippen LogP contribution in [-0.2, 0) is 11.2 Å². The average Bonchev–Trinajstić information content (AvgIpc) is 3.15. The molecule has 150 valence electrons. The second-order valence-electron chi connectivity index (χ2n) is 6.15. The smallest absolute Gasteiger partial charge is 0.270 e. The number of methoxy groups -OCH3 is 1. The van der Waals surface area contributed by atoms with Crippen molar-refractivity contribution in [3.05, 3.63) is 80.8 Å². The summed E-state index contributed by atoms with van der Waals surface area (Å²) in [7, 11) is 1.57. The molecule has 0 spiro atoms. The maximum Gasteiger partial charge on any atom is 0.270 e. The van der Waals surface area contributed by atoms with Crippen LogP contribution in [0.25, 0.3) is 0 Å². The van der Waals surface area contributed by atoms with Gasteiger partial charge in [0.2, 0.25) is 0 Å². The molecule has 29 heavy (non-hydrogen) atoms. The van der Waals surface area contributed by atoms with Gasteiger partial charge in [-0.15, -0.1) is 11.3 Å². The zero-order chi connectivity index (χ0) is 20.6. The number of hydrogen-bond donors (Lipinski definition) is 2. The Kier molecular flexibility index (Phi) is 6.88. The molecule has 0 saturated carbocycles. The van der Waals surface area contributed by atoms with Crippen LogP contribution in [0.2, 0.25) is 0 Å². The summed E-state index contributed by atoms with van der Waals surface area (Å²) in [6.45, 7) is 0.903. The molecule has 0 unspecified atom stereocenters. The monoisotopic (exact) mass is 412 g/mol. The first-order valence-corrected chi connectivity index (χ1v) is 9.69. The van der Waals surface area contributed by atoms with Crippen LogP contribution in [0.5, 0.6) is 0 Å². The Morgan fingerprint density at radius 2 is 2.03 bits per heavy atom. The summed E-state index contributed by atoms with van der Waals surface area (Å²) >= 11 is 1.37. The summed E-state index contributed by atoms with van der Waals surface area (Å²) in [6, 6.07) is 14.1. The minimum atomic E-state index is -0.531. The van der Waals surface area contributed by atoms with Crippen molar-refractivity contribution in [2.75, 3.05) is 30.9 Å². The number of aromatic nitrogens is 1. The van der Waals surface area contributed by atoms with Gasteiger partial charge < -0.3 is 10.1 Å². The quantitative estimate of drug-likeness (QED) is 0.313. The van der Waals surface area contributed by atoms with Crippen molar-refractivity contribution >= 4 is 33.8 Å². The van der Waals surface area contributed by atoms with Gasteiger partial charge in [0.1, 0.15) is 0 Å². The number of carbonyl (C=O) groups excluding carboxylic acids is 1. The molecular weight excluding hydrogens is 392 g/mol. The van der Waals surface area contributed by atoms with E-state index in [-0.39, 0.29) is 11.3 Å². The lowest BCUT2D eigenvalue weighted by atomic mass is 10.1. The van der Waals surface area contributed by atoms with Gasteiger partial charge >= 0.3 is 0 Å². The Morgan fingerprint density at radius 3 is 2.76 bits per heavy atom. The number of hydrogen-bond acceptors (Lipinski definition) is 7. The van der Waals surface area contributed by atoms with Gasteiger partial charge in [-0.1, -0.05) is 30.3 Å². The van der Waals surface area contributed by atoms with Crippen LogP contribution in [0.1, 0.15) is 20.8 Å². The molecule has 0 aliphatic rings. The first-order chi connectivity index (χ1) is 14.1. The number of nitrogens with zero attached hydrogens (tertiary/aromatic N) is 2. The molecule has 1 aromatic heterocycles. The number of nitro groups is 1. The molecule has 1 heterocycles. The molecule has 0 bridgehead atoms. The molecule has 2 N–H and O–H groups in total. The number of carbonyl (C=O) groups is 1. The molecule has 2 aromatic carbocycles. The molecular formula is C20H20N4O4S. The van der Waals surface area contributed by atoms with Gasteiger partial charge in [0.15, 0.2) is 5.13 Å². The largest absolute Gasteiger partial charge is 0.383 e. The van der Waals surface area contributed by atoms with Crippen molar-refractivity contribution in [1.82, 2.24) is 4.98 Å². The second kappa shape index (κ2) is 9.76. The third-order valence-electron chi connectivity index (χ3n) is 4.08. The Balaban J connectivity index is 1.75. The van der Waals surface area contributed by atoms with E-state index < -0.39 is 10.8 Å². The molecule has 0 saturated heterocycles. The molecule has 3 aromatic rings. The maximum atomic E-state index is 12.8. The number of nitrogens with one attached hydrogen (secondary N) is 2. The third kappa shape index (κ3) is 5.59. The first kappa shape index (κ1) is 20.4. The predicted octanol–water partition coefficient (Wildman–Crippen LogP) is 3.95. The Bertz CT molecular complexity index is 991. The molecule has 0 aliphatic heterocycles. The number of anilines is 2. The summed E-state index contributed by atoms with van der Waals surface area (Å²) < 4.78 is 4.99. The summed E-state index contributed by atoms with van der Waals surface area (Å²) in [6.07, 6.45) is 2.44. The van der Waals surface area contributed by atoms with Crippen LogP contribution in [0.3, 0.4) is 0 Å². The topological polar surface area (TPSA) is 106 Å². The van der Waals surface area contributed by atoms with E-state index in [2.05, 4.69) is 15.6 Å². The highest BCUT2D eigenvalue weighted by Crippen LogP contribution is 2.25. The fourth-order valence-electron chi connectivity index (χ4n) is 2.68. The van der Waals surface area contributed by atoms with E-state index in [1.807, 2.05) is 30.3 Å². The molecule has 0 aliphatic carbocycles. The lowest BCUT2D eigenvalue weighted by Gasteiger charge is -2.11. The van der Waals surface area contributed by atoms with Crippen LogP contribution in [-0.4, -0.2) is 36.1 Å². The number of nitro benzene ring substituents is 1. The Labute approximate surface area is 171 Å². The van der Waals surface area contributed by atoms with Gasteiger partial charge in [0, 0.05) is 49.0 Å². The average molecular weight is 412 g/mol. The lowest BCUT2D eigenvalue weighted by Crippen LogP contribution is -2.16. The van der Waals surface area contributed by atoms with Gasteiger partial charge in [-0.05, 0) is 11.6 Å². The van der Waals surface area contributed by atoms with E-state index in [1.54, 1.807) is 13.3 Å². The molecule has 0 fully saturated rings. The predicted molar refractivity (Wildman–Crippen MR) is 113 cm³/mol. The number of ether oxygens (including phenoxy) is 1. The summed E-state index contributed by atoms with van der Waals surface area (Å²) in [5, 5.41) is 17.3. The number of benzene rings is 2. The van der Waals surface area contributed by atoms with Crippen molar-refractivity contribution < 1.29 is 14.5 Å². The zero-order valence-electron chi connectivity index (χ0n) is 15.8. The molecule has 8 nitrogen and oxygen atoms in total. The molecule has 0 atom stereocenters. The SMILES string of the molecule is COCCNc1ccc([N+](=O)[O-])cc1C(=O)Nc1ncc(Cc2ccccc2)s1. The van der Waals surface area contributed by atoms with Crippen molar-refractivity contribution in [1.29, 1.82) is 0 Å². The van der Waals surface area contributed by atoms with E-state index in [9.17, 15) is 14.9 Å². The van der Waals surface area contributed by atoms with E-state index >= 15 is 0 Å². The summed E-state index contributed by atoms with van der Waals surface area (Å²) in [5.74, 6) is -0.464. The van der Waals surface area contributed by atoms with Crippen molar-refractivity contribution in [2.24, 2.45) is 0 Å². The zero-order valence-corrected chi connectivity index (χ0v) is 16.6. The van der Waals surface area contributed by atoms with E-state index in [0.29, 0.717) is 24.0 Å². The number of non-ortho nitro benzene ring substituents is 1. The summed E-state index contributed by atoms with van der Waals surface area (Å²) in [4.78, 5) is 28.6. The Hall–Kier alpha value is -3.30. The van der Waals surface area contributed by atoms with Gasteiger partial charge in [0.05, 0.1) is 17.1 Å². The van der Waals surface area contributed by atoms with Crippen molar-refractivity contribution in [3.8, 4) is 0 Å². The second-order valence-corrected chi connectivity index (χ2v) is 7.27. The molecule has 1 amide bonds. The fourth-order valence-corrected chi connectivity index (χ4v) is 3.53. The molecule has 3 rings (SSSR count). The van der Waals surface area contributed by atoms with Gasteiger partial charge in [-0.25, -0.2) is 4.98 Å². The van der Waals surface area contributed by atoms with Crippen LogP contribution in [0.15, 0.2) is 54.7 Å². The number of thiazole rings is 1. The molecule has 9 heteroatoms. The lowest BCUT2D eigenvalue weighted by molar-refractivity contribution is -0.384. The normalized spacial score (nSPS) is 10.5. The van der Waals surface area contributed by atoms with Crippen LogP contribution in [0.4, 0.5) is 16.5 Å². The van der Waals surface area contributed by atoms with Crippen LogP contribution < -0.4 is 10.6 Å². The highest BCUT2D eigenvalue weighted by atomic mass is 32.1. The van der Waals surface area contributed by atoms with E-state index in [1.165, 1.54) is 29.5 Å². The fraction of sp³-hybridized carbons (Fsp3) is 0.200. The van der Waals surface area contributed by atoms with E-state index in [4.69, 9.17) is 4.74 Å². The number of amides is 1.